The molecule has 3 aromatic rings. The largest absolute Gasteiger partial charge is 0.396 e. The Labute approximate surface area is 167 Å². The van der Waals surface area contributed by atoms with Crippen LogP contribution in [0.1, 0.15) is 22.6 Å². The summed E-state index contributed by atoms with van der Waals surface area (Å²) in [6.45, 7) is 4.22. The molecule has 3 aromatic carbocycles. The van der Waals surface area contributed by atoms with E-state index >= 15 is 0 Å². The number of ether oxygens (including phenoxy) is 1. The summed E-state index contributed by atoms with van der Waals surface area (Å²) in [5, 5.41) is 14.0. The van der Waals surface area contributed by atoms with Crippen molar-refractivity contribution in [3.8, 4) is 11.1 Å². The fourth-order valence-corrected chi connectivity index (χ4v) is 4.26. The van der Waals surface area contributed by atoms with Gasteiger partial charge in [-0.25, -0.2) is 0 Å². The van der Waals surface area contributed by atoms with Crippen LogP contribution in [0.2, 0.25) is 0 Å². The first kappa shape index (κ1) is 18.9. The summed E-state index contributed by atoms with van der Waals surface area (Å²) in [5.74, 6) is -0.159. The molecule has 2 N–H and O–H groups in total. The van der Waals surface area contributed by atoms with E-state index in [1.165, 1.54) is 11.1 Å². The van der Waals surface area contributed by atoms with Gasteiger partial charge in [-0.3, -0.25) is 0 Å². The molecule has 3 heteroatoms. The van der Waals surface area contributed by atoms with Gasteiger partial charge < -0.3 is 15.2 Å². The standard InChI is InChI=1S/C25H27NO2/c1-19-11-13-20(14-12-19)22-9-5-6-10-23(22)25(18-26-15-16-28-25)24(17-27)21-7-3-2-4-8-21/h2-14,24,26-27H,15-18H2,1H3. The first-order valence-electron chi connectivity index (χ1n) is 9.91. The van der Waals surface area contributed by atoms with Crippen molar-refractivity contribution >= 4 is 0 Å². The first-order chi connectivity index (χ1) is 13.7. The Bertz CT molecular complexity index is 899. The van der Waals surface area contributed by atoms with Gasteiger partial charge in [0.2, 0.25) is 0 Å². The lowest BCUT2D eigenvalue weighted by Crippen LogP contribution is -2.52. The topological polar surface area (TPSA) is 41.5 Å². The van der Waals surface area contributed by atoms with Gasteiger partial charge in [-0.15, -0.1) is 0 Å². The van der Waals surface area contributed by atoms with Crippen LogP contribution in [0.4, 0.5) is 0 Å². The molecule has 0 amide bonds. The first-order valence-corrected chi connectivity index (χ1v) is 9.91. The third-order valence-electron chi connectivity index (χ3n) is 5.72. The van der Waals surface area contributed by atoms with Crippen molar-refractivity contribution < 1.29 is 9.84 Å². The Kier molecular flexibility index (Phi) is 5.58. The van der Waals surface area contributed by atoms with Gasteiger partial charge >= 0.3 is 0 Å². The van der Waals surface area contributed by atoms with E-state index in [1.807, 2.05) is 18.2 Å². The fourth-order valence-electron chi connectivity index (χ4n) is 4.26. The van der Waals surface area contributed by atoms with Gasteiger partial charge in [-0.05, 0) is 29.2 Å². The molecule has 4 rings (SSSR count). The van der Waals surface area contributed by atoms with Gasteiger partial charge in [0.05, 0.1) is 13.2 Å². The van der Waals surface area contributed by atoms with Gasteiger partial charge in [0.25, 0.3) is 0 Å². The second-order valence-corrected chi connectivity index (χ2v) is 7.47. The highest BCUT2D eigenvalue weighted by Gasteiger charge is 2.44. The molecule has 1 saturated heterocycles. The average Bonchev–Trinajstić information content (AvgIpc) is 2.76. The highest BCUT2D eigenvalue weighted by molar-refractivity contribution is 5.69. The van der Waals surface area contributed by atoms with Crippen molar-refractivity contribution in [3.63, 3.8) is 0 Å². The Morgan fingerprint density at radius 2 is 1.68 bits per heavy atom. The van der Waals surface area contributed by atoms with Crippen LogP contribution in [0.5, 0.6) is 0 Å². The third kappa shape index (κ3) is 3.49. The summed E-state index contributed by atoms with van der Waals surface area (Å²) >= 11 is 0. The predicted octanol–water partition coefficient (Wildman–Crippen LogP) is 4.25. The van der Waals surface area contributed by atoms with E-state index in [4.69, 9.17) is 4.74 Å². The molecule has 2 unspecified atom stereocenters. The number of morpholine rings is 1. The highest BCUT2D eigenvalue weighted by Crippen LogP contribution is 2.44. The normalized spacial score (nSPS) is 20.6. The Morgan fingerprint density at radius 1 is 0.964 bits per heavy atom. The second kappa shape index (κ2) is 8.27. The maximum absolute atomic E-state index is 10.4. The zero-order chi connectivity index (χ0) is 19.4. The van der Waals surface area contributed by atoms with Crippen LogP contribution in [-0.2, 0) is 10.3 Å². The molecule has 0 aromatic heterocycles. The molecular formula is C25H27NO2. The minimum absolute atomic E-state index is 0.0218. The number of hydrogen-bond donors (Lipinski definition) is 2. The lowest BCUT2D eigenvalue weighted by Gasteiger charge is -2.44. The van der Waals surface area contributed by atoms with Crippen LogP contribution in [-0.4, -0.2) is 31.4 Å². The Hall–Kier alpha value is -2.46. The molecule has 0 radical (unpaired) electrons. The number of hydrogen-bond acceptors (Lipinski definition) is 3. The summed E-state index contributed by atoms with van der Waals surface area (Å²) in [6, 6.07) is 27.2. The number of aryl methyl sites for hydroxylation is 1. The van der Waals surface area contributed by atoms with E-state index in [9.17, 15) is 5.11 Å². The number of nitrogens with one attached hydrogen (secondary N) is 1. The molecule has 3 nitrogen and oxygen atoms in total. The monoisotopic (exact) mass is 373 g/mol. The van der Waals surface area contributed by atoms with Crippen LogP contribution in [0.25, 0.3) is 11.1 Å². The molecular weight excluding hydrogens is 346 g/mol. The Balaban J connectivity index is 1.88. The van der Waals surface area contributed by atoms with Crippen LogP contribution >= 0.6 is 0 Å². The van der Waals surface area contributed by atoms with Crippen LogP contribution in [0, 0.1) is 6.92 Å². The highest BCUT2D eigenvalue weighted by atomic mass is 16.5. The third-order valence-corrected chi connectivity index (χ3v) is 5.72. The van der Waals surface area contributed by atoms with Crippen molar-refractivity contribution in [1.82, 2.24) is 5.32 Å². The number of benzene rings is 3. The molecule has 2 atom stereocenters. The van der Waals surface area contributed by atoms with Crippen LogP contribution in [0.15, 0.2) is 78.9 Å². The minimum Gasteiger partial charge on any atom is -0.396 e. The van der Waals surface area contributed by atoms with Gasteiger partial charge in [0, 0.05) is 19.0 Å². The summed E-state index contributed by atoms with van der Waals surface area (Å²) < 4.78 is 6.52. The van der Waals surface area contributed by atoms with Crippen molar-refractivity contribution in [1.29, 1.82) is 0 Å². The molecule has 0 aliphatic carbocycles. The predicted molar refractivity (Wildman–Crippen MR) is 113 cm³/mol. The second-order valence-electron chi connectivity index (χ2n) is 7.47. The van der Waals surface area contributed by atoms with Crippen molar-refractivity contribution in [2.24, 2.45) is 0 Å². The average molecular weight is 373 g/mol. The van der Waals surface area contributed by atoms with Gasteiger partial charge in [-0.2, -0.15) is 0 Å². The zero-order valence-corrected chi connectivity index (χ0v) is 16.3. The van der Waals surface area contributed by atoms with E-state index in [0.29, 0.717) is 13.2 Å². The van der Waals surface area contributed by atoms with Crippen molar-refractivity contribution in [2.75, 3.05) is 26.3 Å². The van der Waals surface area contributed by atoms with E-state index in [0.717, 1.165) is 23.2 Å². The zero-order valence-electron chi connectivity index (χ0n) is 16.3. The van der Waals surface area contributed by atoms with E-state index < -0.39 is 5.60 Å². The lowest BCUT2D eigenvalue weighted by atomic mass is 9.74. The summed E-state index contributed by atoms with van der Waals surface area (Å²) in [4.78, 5) is 0. The lowest BCUT2D eigenvalue weighted by molar-refractivity contribution is -0.0987. The molecule has 0 spiro atoms. The molecule has 144 valence electrons. The number of rotatable bonds is 5. The van der Waals surface area contributed by atoms with Crippen molar-refractivity contribution in [2.45, 2.75) is 18.4 Å². The molecule has 1 aliphatic heterocycles. The smallest absolute Gasteiger partial charge is 0.115 e. The minimum atomic E-state index is -0.629. The van der Waals surface area contributed by atoms with E-state index in [1.54, 1.807) is 0 Å². The maximum Gasteiger partial charge on any atom is 0.115 e. The fraction of sp³-hybridized carbons (Fsp3) is 0.280. The maximum atomic E-state index is 10.4. The van der Waals surface area contributed by atoms with E-state index in [2.05, 4.69) is 72.9 Å². The van der Waals surface area contributed by atoms with Gasteiger partial charge in [-0.1, -0.05) is 84.4 Å². The summed E-state index contributed by atoms with van der Waals surface area (Å²) in [5.41, 5.74) is 5.14. The van der Waals surface area contributed by atoms with E-state index in [-0.39, 0.29) is 12.5 Å². The SMILES string of the molecule is Cc1ccc(-c2ccccc2C2(C(CO)c3ccccc3)CNCCO2)cc1. The summed E-state index contributed by atoms with van der Waals surface area (Å²) in [6.07, 6.45) is 0. The number of aliphatic hydroxyl groups excluding tert-OH is 1. The number of aliphatic hydroxyl groups is 1. The molecule has 1 fully saturated rings. The molecule has 28 heavy (non-hydrogen) atoms. The quantitative estimate of drug-likeness (QED) is 0.702. The summed E-state index contributed by atoms with van der Waals surface area (Å²) in [7, 11) is 0. The Morgan fingerprint density at radius 3 is 2.36 bits per heavy atom. The molecule has 0 bridgehead atoms. The van der Waals surface area contributed by atoms with Gasteiger partial charge in [0.1, 0.15) is 5.60 Å². The molecule has 1 aliphatic rings. The van der Waals surface area contributed by atoms with Crippen molar-refractivity contribution in [3.05, 3.63) is 95.6 Å². The van der Waals surface area contributed by atoms with Crippen LogP contribution in [0.3, 0.4) is 0 Å². The molecule has 1 heterocycles. The van der Waals surface area contributed by atoms with Gasteiger partial charge in [0.15, 0.2) is 0 Å². The molecule has 0 saturated carbocycles. The van der Waals surface area contributed by atoms with Crippen LogP contribution < -0.4 is 5.32 Å².